The molecule has 1 amide bonds. The maximum Gasteiger partial charge on any atom is 0.260 e. The number of carbonyl (C=O) groups excluding carboxylic acids is 1. The molecule has 144 valence electrons. The quantitative estimate of drug-likeness (QED) is 0.792. The summed E-state index contributed by atoms with van der Waals surface area (Å²) in [6.45, 7) is 4.92. The number of hydrogen-bond acceptors (Lipinski definition) is 4. The number of rotatable bonds is 7. The van der Waals surface area contributed by atoms with E-state index in [1.54, 1.807) is 0 Å². The van der Waals surface area contributed by atoms with Crippen LogP contribution in [0.2, 0.25) is 5.02 Å². The predicted molar refractivity (Wildman–Crippen MR) is 109 cm³/mol. The Balaban J connectivity index is 1.71. The molecule has 1 saturated heterocycles. The number of nitrogens with zero attached hydrogens (tertiary/aromatic N) is 2. The van der Waals surface area contributed by atoms with Gasteiger partial charge in [0, 0.05) is 37.0 Å². The summed E-state index contributed by atoms with van der Waals surface area (Å²) >= 11 is 6.02. The molecular formula is C21H26ClN3O2. The van der Waals surface area contributed by atoms with E-state index in [1.165, 1.54) is 5.56 Å². The summed E-state index contributed by atoms with van der Waals surface area (Å²) in [5, 5.41) is 2.79. The van der Waals surface area contributed by atoms with Gasteiger partial charge in [-0.05, 0) is 43.2 Å². The zero-order valence-electron chi connectivity index (χ0n) is 15.6. The van der Waals surface area contributed by atoms with E-state index in [9.17, 15) is 4.79 Å². The molecule has 1 heterocycles. The Bertz CT molecular complexity index is 724. The standard InChI is InChI=1S/C21H26ClN3O2/c1-2-27-16-21(26)23-25-13-12-24(19-10-8-18(22)9-11-19)15-20(25)14-17-6-4-3-5-7-17/h3-11,20H,2,12-16H2,1H3,(H,23,26). The minimum Gasteiger partial charge on any atom is -0.372 e. The van der Waals surface area contributed by atoms with E-state index < -0.39 is 0 Å². The van der Waals surface area contributed by atoms with E-state index in [4.69, 9.17) is 16.3 Å². The highest BCUT2D eigenvalue weighted by Gasteiger charge is 2.28. The van der Waals surface area contributed by atoms with Gasteiger partial charge in [-0.15, -0.1) is 0 Å². The van der Waals surface area contributed by atoms with Crippen molar-refractivity contribution in [3.05, 3.63) is 65.2 Å². The van der Waals surface area contributed by atoms with Gasteiger partial charge in [-0.25, -0.2) is 5.01 Å². The zero-order valence-corrected chi connectivity index (χ0v) is 16.4. The largest absolute Gasteiger partial charge is 0.372 e. The van der Waals surface area contributed by atoms with E-state index >= 15 is 0 Å². The second-order valence-corrected chi connectivity index (χ2v) is 7.07. The van der Waals surface area contributed by atoms with Gasteiger partial charge >= 0.3 is 0 Å². The molecule has 3 rings (SSSR count). The molecule has 0 saturated carbocycles. The van der Waals surface area contributed by atoms with Crippen molar-refractivity contribution in [3.8, 4) is 0 Å². The Hall–Kier alpha value is -2.08. The van der Waals surface area contributed by atoms with Crippen LogP contribution in [0, 0.1) is 0 Å². The van der Waals surface area contributed by atoms with Crippen molar-refractivity contribution in [2.45, 2.75) is 19.4 Å². The first-order valence-corrected chi connectivity index (χ1v) is 9.72. The van der Waals surface area contributed by atoms with Crippen molar-refractivity contribution >= 4 is 23.2 Å². The van der Waals surface area contributed by atoms with Crippen LogP contribution in [0.3, 0.4) is 0 Å². The van der Waals surface area contributed by atoms with Crippen molar-refractivity contribution in [3.63, 3.8) is 0 Å². The van der Waals surface area contributed by atoms with Gasteiger partial charge in [0.25, 0.3) is 5.91 Å². The zero-order chi connectivity index (χ0) is 19.1. The maximum absolute atomic E-state index is 12.2. The van der Waals surface area contributed by atoms with Crippen LogP contribution in [0.5, 0.6) is 0 Å². The minimum atomic E-state index is -0.102. The third-order valence-electron chi connectivity index (χ3n) is 4.69. The Labute approximate surface area is 165 Å². The highest BCUT2D eigenvalue weighted by molar-refractivity contribution is 6.30. The summed E-state index contributed by atoms with van der Waals surface area (Å²) in [4.78, 5) is 14.5. The molecule has 6 heteroatoms. The summed E-state index contributed by atoms with van der Waals surface area (Å²) < 4.78 is 5.23. The molecular weight excluding hydrogens is 362 g/mol. The molecule has 0 aromatic heterocycles. The van der Waals surface area contributed by atoms with Crippen LogP contribution in [-0.2, 0) is 16.0 Å². The van der Waals surface area contributed by atoms with Crippen LogP contribution >= 0.6 is 11.6 Å². The Kier molecular flexibility index (Phi) is 7.10. The molecule has 5 nitrogen and oxygen atoms in total. The number of anilines is 1. The fourth-order valence-corrected chi connectivity index (χ4v) is 3.46. The van der Waals surface area contributed by atoms with Crippen LogP contribution < -0.4 is 10.3 Å². The number of ether oxygens (including phenoxy) is 1. The molecule has 1 atom stereocenters. The summed E-state index contributed by atoms with van der Waals surface area (Å²) in [6, 6.07) is 18.5. The fraction of sp³-hybridized carbons (Fsp3) is 0.381. The number of amides is 1. The van der Waals surface area contributed by atoms with Gasteiger partial charge in [-0.2, -0.15) is 0 Å². The first-order valence-electron chi connectivity index (χ1n) is 9.34. The van der Waals surface area contributed by atoms with Crippen LogP contribution in [0.1, 0.15) is 12.5 Å². The lowest BCUT2D eigenvalue weighted by Crippen LogP contribution is -2.60. The molecule has 0 spiro atoms. The van der Waals surface area contributed by atoms with Crippen molar-refractivity contribution in [2.75, 3.05) is 37.7 Å². The maximum atomic E-state index is 12.2. The second kappa shape index (κ2) is 9.74. The number of carbonyl (C=O) groups is 1. The van der Waals surface area contributed by atoms with Crippen LogP contribution in [-0.4, -0.2) is 49.8 Å². The van der Waals surface area contributed by atoms with Crippen LogP contribution in [0.25, 0.3) is 0 Å². The number of halogens is 1. The second-order valence-electron chi connectivity index (χ2n) is 6.63. The molecule has 2 aromatic rings. The Morgan fingerprint density at radius 2 is 1.89 bits per heavy atom. The van der Waals surface area contributed by atoms with Gasteiger partial charge < -0.3 is 9.64 Å². The molecule has 1 aliphatic rings. The average Bonchev–Trinajstić information content (AvgIpc) is 2.69. The highest BCUT2D eigenvalue weighted by Crippen LogP contribution is 2.22. The minimum absolute atomic E-state index is 0.0892. The van der Waals surface area contributed by atoms with E-state index in [0.717, 1.165) is 36.8 Å². The Morgan fingerprint density at radius 3 is 2.59 bits per heavy atom. The third-order valence-corrected chi connectivity index (χ3v) is 4.95. The summed E-state index contributed by atoms with van der Waals surface area (Å²) in [5.74, 6) is -0.102. The number of nitrogens with one attached hydrogen (secondary N) is 1. The van der Waals surface area contributed by atoms with E-state index in [1.807, 2.05) is 49.4 Å². The average molecular weight is 388 g/mol. The van der Waals surface area contributed by atoms with E-state index in [-0.39, 0.29) is 18.6 Å². The van der Waals surface area contributed by atoms with Gasteiger partial charge in [0.15, 0.2) is 0 Å². The third kappa shape index (κ3) is 5.70. The van der Waals surface area contributed by atoms with Crippen molar-refractivity contribution in [1.29, 1.82) is 0 Å². The monoisotopic (exact) mass is 387 g/mol. The number of hydrogen-bond donors (Lipinski definition) is 1. The SMILES string of the molecule is CCOCC(=O)NN1CCN(c2ccc(Cl)cc2)CC1Cc1ccccc1. The molecule has 1 N–H and O–H groups in total. The summed E-state index contributed by atoms with van der Waals surface area (Å²) in [5.41, 5.74) is 5.43. The normalized spacial score (nSPS) is 17.7. The van der Waals surface area contributed by atoms with Crippen molar-refractivity contribution in [2.24, 2.45) is 0 Å². The summed E-state index contributed by atoms with van der Waals surface area (Å²) in [7, 11) is 0. The van der Waals surface area contributed by atoms with Crippen molar-refractivity contribution in [1.82, 2.24) is 10.4 Å². The number of hydrazine groups is 1. The number of piperazine rings is 1. The molecule has 0 aliphatic carbocycles. The summed E-state index contributed by atoms with van der Waals surface area (Å²) in [6.07, 6.45) is 0.861. The first-order chi connectivity index (χ1) is 13.2. The van der Waals surface area contributed by atoms with Gasteiger partial charge in [-0.3, -0.25) is 10.2 Å². The topological polar surface area (TPSA) is 44.8 Å². The molecule has 0 radical (unpaired) electrons. The molecule has 1 unspecified atom stereocenters. The van der Waals surface area contributed by atoms with E-state index in [0.29, 0.717) is 6.61 Å². The molecule has 1 fully saturated rings. The molecule has 2 aromatic carbocycles. The molecule has 0 bridgehead atoms. The van der Waals surface area contributed by atoms with Crippen LogP contribution in [0.15, 0.2) is 54.6 Å². The lowest BCUT2D eigenvalue weighted by molar-refractivity contribution is -0.131. The van der Waals surface area contributed by atoms with Gasteiger partial charge in [0.2, 0.25) is 0 Å². The Morgan fingerprint density at radius 1 is 1.15 bits per heavy atom. The smallest absolute Gasteiger partial charge is 0.260 e. The van der Waals surface area contributed by atoms with Gasteiger partial charge in [-0.1, -0.05) is 41.9 Å². The fourth-order valence-electron chi connectivity index (χ4n) is 3.34. The van der Waals surface area contributed by atoms with Gasteiger partial charge in [0.05, 0.1) is 6.04 Å². The van der Waals surface area contributed by atoms with E-state index in [2.05, 4.69) is 27.5 Å². The highest BCUT2D eigenvalue weighted by atomic mass is 35.5. The number of benzene rings is 2. The lowest BCUT2D eigenvalue weighted by atomic mass is 10.0. The molecule has 1 aliphatic heterocycles. The predicted octanol–water partition coefficient (Wildman–Crippen LogP) is 3.14. The van der Waals surface area contributed by atoms with Crippen molar-refractivity contribution < 1.29 is 9.53 Å². The first kappa shape index (κ1) is 19.7. The molecule has 27 heavy (non-hydrogen) atoms. The van der Waals surface area contributed by atoms with Crippen LogP contribution in [0.4, 0.5) is 5.69 Å². The lowest BCUT2D eigenvalue weighted by Gasteiger charge is -2.42. The van der Waals surface area contributed by atoms with Gasteiger partial charge in [0.1, 0.15) is 6.61 Å².